The molecule has 0 bridgehead atoms. The predicted octanol–water partition coefficient (Wildman–Crippen LogP) is 3.05. The third kappa shape index (κ3) is 2.44. The number of fused-ring (bicyclic) bond motifs is 1. The van der Waals surface area contributed by atoms with E-state index in [0.29, 0.717) is 22.4 Å². The van der Waals surface area contributed by atoms with Crippen molar-refractivity contribution in [2.24, 2.45) is 0 Å². The van der Waals surface area contributed by atoms with Crippen LogP contribution in [0.25, 0.3) is 10.9 Å². The Hall–Kier alpha value is -2.15. The zero-order valence-electron chi connectivity index (χ0n) is 10.3. The highest BCUT2D eigenvalue weighted by molar-refractivity contribution is 9.10. The normalized spacial score (nSPS) is 10.9. The summed E-state index contributed by atoms with van der Waals surface area (Å²) in [5, 5.41) is 10.8. The third-order valence-corrected chi connectivity index (χ3v) is 3.49. The van der Waals surface area contributed by atoms with E-state index in [2.05, 4.69) is 36.4 Å². The van der Waals surface area contributed by atoms with E-state index in [1.165, 1.54) is 12.1 Å². The van der Waals surface area contributed by atoms with Crippen molar-refractivity contribution in [2.75, 3.05) is 11.1 Å². The summed E-state index contributed by atoms with van der Waals surface area (Å²) in [5.41, 5.74) is 7.91. The molecule has 0 fully saturated rings. The van der Waals surface area contributed by atoms with E-state index in [4.69, 9.17) is 5.73 Å². The second-order valence-electron chi connectivity index (χ2n) is 4.30. The number of aromatic amines is 1. The van der Waals surface area contributed by atoms with Crippen LogP contribution in [-0.4, -0.2) is 15.2 Å². The highest BCUT2D eigenvalue weighted by atomic mass is 79.9. The molecule has 3 rings (SSSR count). The number of hydrogen-bond donors (Lipinski definition) is 3. The molecule has 7 heteroatoms. The van der Waals surface area contributed by atoms with Crippen LogP contribution in [0.4, 0.5) is 15.9 Å². The number of aromatic nitrogens is 3. The molecule has 4 N–H and O–H groups in total. The van der Waals surface area contributed by atoms with E-state index < -0.39 is 0 Å². The fraction of sp³-hybridized carbons (Fsp3) is 0.0769. The molecule has 5 nitrogen and oxygen atoms in total. The Labute approximate surface area is 122 Å². The van der Waals surface area contributed by atoms with Crippen LogP contribution in [0.3, 0.4) is 0 Å². The summed E-state index contributed by atoms with van der Waals surface area (Å²) < 4.78 is 14.1. The van der Waals surface area contributed by atoms with Crippen LogP contribution in [0.5, 0.6) is 0 Å². The Bertz CT molecular complexity index is 752. The Morgan fingerprint density at radius 3 is 2.95 bits per heavy atom. The lowest BCUT2D eigenvalue weighted by atomic mass is 10.1. The molecule has 0 aliphatic heterocycles. The van der Waals surface area contributed by atoms with Crippen molar-refractivity contribution in [1.29, 1.82) is 0 Å². The third-order valence-electron chi connectivity index (χ3n) is 2.86. The van der Waals surface area contributed by atoms with E-state index in [1.54, 1.807) is 12.3 Å². The average Bonchev–Trinajstić information content (AvgIpc) is 2.87. The number of pyridine rings is 1. The molecule has 0 aliphatic carbocycles. The smallest absolute Gasteiger partial charge is 0.126 e. The Kier molecular flexibility index (Phi) is 3.27. The fourth-order valence-electron chi connectivity index (χ4n) is 2.02. The number of rotatable bonds is 3. The highest BCUT2D eigenvalue weighted by Gasteiger charge is 2.10. The first kappa shape index (κ1) is 12.9. The summed E-state index contributed by atoms with van der Waals surface area (Å²) in [4.78, 5) is 4.15. The first-order valence-corrected chi connectivity index (χ1v) is 6.70. The minimum atomic E-state index is -0.360. The molecule has 2 aromatic heterocycles. The molecule has 20 heavy (non-hydrogen) atoms. The van der Waals surface area contributed by atoms with E-state index in [-0.39, 0.29) is 5.82 Å². The Morgan fingerprint density at radius 2 is 2.20 bits per heavy atom. The van der Waals surface area contributed by atoms with Crippen molar-refractivity contribution in [3.8, 4) is 0 Å². The van der Waals surface area contributed by atoms with Gasteiger partial charge >= 0.3 is 0 Å². The molecule has 0 aliphatic rings. The molecule has 0 saturated carbocycles. The number of nitrogens with zero attached hydrogens (tertiary/aromatic N) is 2. The highest BCUT2D eigenvalue weighted by Crippen LogP contribution is 2.32. The van der Waals surface area contributed by atoms with Crippen molar-refractivity contribution >= 4 is 38.3 Å². The van der Waals surface area contributed by atoms with E-state index in [0.717, 1.165) is 16.8 Å². The predicted molar refractivity (Wildman–Crippen MR) is 79.7 cm³/mol. The zero-order chi connectivity index (χ0) is 14.1. The van der Waals surface area contributed by atoms with Crippen LogP contribution in [0.1, 0.15) is 5.69 Å². The monoisotopic (exact) mass is 335 g/mol. The maximum absolute atomic E-state index is 13.4. The van der Waals surface area contributed by atoms with E-state index >= 15 is 0 Å². The first-order valence-electron chi connectivity index (χ1n) is 5.91. The van der Waals surface area contributed by atoms with Crippen molar-refractivity contribution in [3.63, 3.8) is 0 Å². The summed E-state index contributed by atoms with van der Waals surface area (Å²) in [6, 6.07) is 6.35. The van der Waals surface area contributed by atoms with Gasteiger partial charge in [-0.2, -0.15) is 5.10 Å². The minimum absolute atomic E-state index is 0.333. The van der Waals surface area contributed by atoms with Crippen LogP contribution in [0, 0.1) is 5.82 Å². The molecular formula is C13H11BrFN5. The number of nitrogens with two attached hydrogens (primary N) is 1. The van der Waals surface area contributed by atoms with Gasteiger partial charge < -0.3 is 11.1 Å². The van der Waals surface area contributed by atoms with Crippen molar-refractivity contribution < 1.29 is 4.39 Å². The zero-order valence-corrected chi connectivity index (χ0v) is 11.9. The first-order chi connectivity index (χ1) is 9.63. The van der Waals surface area contributed by atoms with Crippen molar-refractivity contribution in [1.82, 2.24) is 15.2 Å². The standard InChI is InChI=1S/C13H11BrFN5/c14-9-3-7(15)4-11-13(9)10(5-12(16)19-11)17-6-8-1-2-18-20-8/h1-5H,6H2,(H,18,20)(H3,16,17,19). The lowest BCUT2D eigenvalue weighted by Crippen LogP contribution is -2.03. The van der Waals surface area contributed by atoms with Gasteiger partial charge in [-0.3, -0.25) is 5.10 Å². The largest absolute Gasteiger partial charge is 0.384 e. The van der Waals surface area contributed by atoms with Crippen LogP contribution < -0.4 is 11.1 Å². The molecular weight excluding hydrogens is 325 g/mol. The summed E-state index contributed by atoms with van der Waals surface area (Å²) in [6.07, 6.45) is 1.75. The molecule has 0 spiro atoms. The van der Waals surface area contributed by atoms with Crippen molar-refractivity contribution in [2.45, 2.75) is 6.54 Å². The van der Waals surface area contributed by atoms with Gasteiger partial charge in [0.15, 0.2) is 0 Å². The number of hydrogen-bond acceptors (Lipinski definition) is 4. The summed E-state index contributed by atoms with van der Waals surface area (Å²) in [6.45, 7) is 0.534. The molecule has 0 atom stereocenters. The molecule has 2 heterocycles. The van der Waals surface area contributed by atoms with E-state index in [9.17, 15) is 4.39 Å². The number of benzene rings is 1. The van der Waals surface area contributed by atoms with Gasteiger partial charge in [-0.05, 0) is 28.1 Å². The molecule has 0 radical (unpaired) electrons. The molecule has 0 saturated heterocycles. The van der Waals surface area contributed by atoms with Gasteiger partial charge in [0.05, 0.1) is 17.8 Å². The number of nitrogens with one attached hydrogen (secondary N) is 2. The summed E-state index contributed by atoms with van der Waals surface area (Å²) >= 11 is 3.36. The average molecular weight is 336 g/mol. The minimum Gasteiger partial charge on any atom is -0.384 e. The molecule has 1 aromatic carbocycles. The number of H-pyrrole nitrogens is 1. The van der Waals surface area contributed by atoms with Crippen LogP contribution >= 0.6 is 15.9 Å². The van der Waals surface area contributed by atoms with Gasteiger partial charge in [-0.25, -0.2) is 9.37 Å². The van der Waals surface area contributed by atoms with Crippen LogP contribution in [0.15, 0.2) is 34.9 Å². The summed E-state index contributed by atoms with van der Waals surface area (Å²) in [7, 11) is 0. The fourth-order valence-corrected chi connectivity index (χ4v) is 2.66. The van der Waals surface area contributed by atoms with Gasteiger partial charge in [0, 0.05) is 33.9 Å². The van der Waals surface area contributed by atoms with Crippen LogP contribution in [-0.2, 0) is 6.54 Å². The maximum Gasteiger partial charge on any atom is 0.126 e. The van der Waals surface area contributed by atoms with Crippen LogP contribution in [0.2, 0.25) is 0 Å². The molecule has 102 valence electrons. The molecule has 3 aromatic rings. The number of halogens is 2. The van der Waals surface area contributed by atoms with Gasteiger partial charge in [0.2, 0.25) is 0 Å². The van der Waals surface area contributed by atoms with Crippen molar-refractivity contribution in [3.05, 3.63) is 46.4 Å². The van der Waals surface area contributed by atoms with Gasteiger partial charge in [-0.1, -0.05) is 0 Å². The van der Waals surface area contributed by atoms with E-state index in [1.807, 2.05) is 6.07 Å². The quantitative estimate of drug-likeness (QED) is 0.687. The lowest BCUT2D eigenvalue weighted by Gasteiger charge is -2.11. The Morgan fingerprint density at radius 1 is 1.35 bits per heavy atom. The Balaban J connectivity index is 2.05. The van der Waals surface area contributed by atoms with Gasteiger partial charge in [0.25, 0.3) is 0 Å². The lowest BCUT2D eigenvalue weighted by molar-refractivity contribution is 0.628. The SMILES string of the molecule is Nc1cc(NCc2cc[nH]n2)c2c(Br)cc(F)cc2n1. The maximum atomic E-state index is 13.4. The number of nitrogen functional groups attached to an aromatic ring is 1. The molecule has 0 unspecified atom stereocenters. The van der Waals surface area contributed by atoms with Gasteiger partial charge in [-0.15, -0.1) is 0 Å². The summed E-state index contributed by atoms with van der Waals surface area (Å²) in [5.74, 6) is -0.0275. The number of anilines is 2. The topological polar surface area (TPSA) is 79.6 Å². The second-order valence-corrected chi connectivity index (χ2v) is 5.15. The van der Waals surface area contributed by atoms with Gasteiger partial charge in [0.1, 0.15) is 11.6 Å². The molecule has 0 amide bonds. The second kappa shape index (κ2) is 5.09.